The Bertz CT molecular complexity index is 3560. The molecule has 0 bridgehead atoms. The van der Waals surface area contributed by atoms with Crippen LogP contribution in [0.15, 0.2) is 99.8 Å². The van der Waals surface area contributed by atoms with Crippen LogP contribution >= 0.6 is 0 Å². The van der Waals surface area contributed by atoms with Gasteiger partial charge >= 0.3 is 0 Å². The predicted molar refractivity (Wildman–Crippen MR) is 269 cm³/mol. The van der Waals surface area contributed by atoms with Crippen molar-refractivity contribution in [3.05, 3.63) is 136 Å². The van der Waals surface area contributed by atoms with Gasteiger partial charge in [-0.05, 0) is 149 Å². The molecule has 0 fully saturated rings. The van der Waals surface area contributed by atoms with Gasteiger partial charge in [0.05, 0.1) is 16.8 Å². The summed E-state index contributed by atoms with van der Waals surface area (Å²) in [5, 5.41) is 2.62. The second-order valence-electron chi connectivity index (χ2n) is 22.0. The molecule has 2 aromatic heterocycles. The molecule has 3 aliphatic rings. The summed E-state index contributed by atoms with van der Waals surface area (Å²) in [5.41, 5.74) is 10.2. The van der Waals surface area contributed by atoms with E-state index in [1.807, 2.05) is 6.07 Å². The standard InChI is InChI=1S/C58H61BN2O2/c1-32-25-34(3)52(35(4)26-32)61-43-30-40-48(63-54-50(40)57(11,12)23-24-58(54,13)14)31-42(43)59-41-21-22-46-49(39-20-17-37(56(8,9)10)29-47(39)62-46)53(41)60(44-27-33(2)28-45(61)51(44)59)38-18-15-36(16-19-38)55(5,6)7/h15-22,25-31H,23-24H2,1-14H3/i2D3,3D3,4D3. The zero-order chi connectivity index (χ0) is 51.9. The molecule has 0 saturated heterocycles. The number of nitrogens with zero attached hydrogens (tertiary/aromatic N) is 2. The van der Waals surface area contributed by atoms with Gasteiger partial charge in [0.1, 0.15) is 22.5 Å². The normalized spacial score (nSPS) is 19.2. The Hall–Kier alpha value is -5.68. The minimum absolute atomic E-state index is 0.0145. The van der Waals surface area contributed by atoms with Crippen molar-refractivity contribution in [1.29, 1.82) is 0 Å². The molecule has 0 radical (unpaired) electrons. The number of furan rings is 2. The number of aryl methyl sites for hydroxylation is 4. The lowest BCUT2D eigenvalue weighted by Gasteiger charge is -2.45. The first-order valence-corrected chi connectivity index (χ1v) is 22.4. The molecule has 11 rings (SSSR count). The quantitative estimate of drug-likeness (QED) is 0.162. The lowest BCUT2D eigenvalue weighted by atomic mass is 9.33. The van der Waals surface area contributed by atoms with Crippen LogP contribution < -0.4 is 26.2 Å². The highest BCUT2D eigenvalue weighted by atomic mass is 16.3. The second kappa shape index (κ2) is 13.0. The average Bonchev–Trinajstić information content (AvgIpc) is 3.85. The van der Waals surface area contributed by atoms with E-state index in [4.69, 9.17) is 21.2 Å². The summed E-state index contributed by atoms with van der Waals surface area (Å²) in [5.74, 6) is 0.891. The van der Waals surface area contributed by atoms with Crippen LogP contribution in [0.1, 0.15) is 139 Å². The van der Waals surface area contributed by atoms with E-state index in [0.717, 1.165) is 79.3 Å². The molecular weight excluding hydrogens is 767 g/mol. The minimum atomic E-state index is -2.78. The van der Waals surface area contributed by atoms with E-state index >= 15 is 0 Å². The third kappa shape index (κ3) is 5.80. The Morgan fingerprint density at radius 1 is 0.571 bits per heavy atom. The Labute approximate surface area is 387 Å². The van der Waals surface area contributed by atoms with Gasteiger partial charge in [0, 0.05) is 56.8 Å². The topological polar surface area (TPSA) is 32.8 Å². The van der Waals surface area contributed by atoms with Crippen LogP contribution in [0.5, 0.6) is 0 Å². The van der Waals surface area contributed by atoms with Crippen LogP contribution in [0.25, 0.3) is 32.9 Å². The summed E-state index contributed by atoms with van der Waals surface area (Å²) in [6.45, 7) is 14.8. The van der Waals surface area contributed by atoms with Crippen molar-refractivity contribution in [2.24, 2.45) is 0 Å². The first-order valence-electron chi connectivity index (χ1n) is 26.9. The van der Waals surface area contributed by atoms with Crippen molar-refractivity contribution in [2.45, 2.75) is 131 Å². The summed E-state index contributed by atoms with van der Waals surface area (Å²) in [4.78, 5) is 3.92. The van der Waals surface area contributed by atoms with Gasteiger partial charge in [0.2, 0.25) is 0 Å². The van der Waals surface area contributed by atoms with Crippen molar-refractivity contribution in [3.8, 4) is 0 Å². The predicted octanol–water partition coefficient (Wildman–Crippen LogP) is 14.6. The fourth-order valence-corrected chi connectivity index (χ4v) is 11.0. The minimum Gasteiger partial charge on any atom is -0.460 e. The second-order valence-corrected chi connectivity index (χ2v) is 22.0. The maximum absolute atomic E-state index is 9.12. The lowest BCUT2D eigenvalue weighted by Crippen LogP contribution is -2.61. The average molecular weight is 838 g/mol. The van der Waals surface area contributed by atoms with E-state index < -0.39 is 27.3 Å². The Morgan fingerprint density at radius 3 is 1.89 bits per heavy atom. The first kappa shape index (κ1) is 31.2. The largest absolute Gasteiger partial charge is 0.460 e. The number of hydrogen-bond acceptors (Lipinski definition) is 4. The van der Waals surface area contributed by atoms with Crippen LogP contribution in [-0.4, -0.2) is 6.71 Å². The molecule has 1 aliphatic carbocycles. The number of benzene rings is 6. The van der Waals surface area contributed by atoms with Crippen LogP contribution in [-0.2, 0) is 21.7 Å². The summed E-state index contributed by atoms with van der Waals surface area (Å²) < 4.78 is 95.7. The third-order valence-electron chi connectivity index (χ3n) is 14.5. The Balaban J connectivity index is 1.36. The summed E-state index contributed by atoms with van der Waals surface area (Å²) >= 11 is 0. The molecule has 8 aromatic rings. The van der Waals surface area contributed by atoms with Gasteiger partial charge in [-0.1, -0.05) is 117 Å². The fraction of sp³-hybridized carbons (Fsp3) is 0.345. The molecule has 0 atom stereocenters. The highest BCUT2D eigenvalue weighted by molar-refractivity contribution is 7.00. The first-order chi connectivity index (χ1) is 33.3. The number of fused-ring (bicyclic) bond motifs is 11. The summed E-state index contributed by atoms with van der Waals surface area (Å²) in [7, 11) is 0. The lowest BCUT2D eigenvalue weighted by molar-refractivity contribution is 0.284. The Morgan fingerprint density at radius 2 is 1.22 bits per heavy atom. The molecular formula is C58H61BN2O2. The molecule has 0 N–H and O–H groups in total. The number of rotatable bonds is 2. The zero-order valence-electron chi connectivity index (χ0n) is 47.4. The molecule has 4 heterocycles. The zero-order valence-corrected chi connectivity index (χ0v) is 38.4. The van der Waals surface area contributed by atoms with Gasteiger partial charge in [-0.15, -0.1) is 0 Å². The van der Waals surface area contributed by atoms with E-state index in [0.29, 0.717) is 39.3 Å². The van der Waals surface area contributed by atoms with Crippen LogP contribution in [0.3, 0.4) is 0 Å². The molecule has 0 spiro atoms. The maximum Gasteiger partial charge on any atom is 0.252 e. The smallest absolute Gasteiger partial charge is 0.252 e. The van der Waals surface area contributed by atoms with Crippen LogP contribution in [0.4, 0.5) is 34.1 Å². The Kier molecular flexibility index (Phi) is 6.42. The highest BCUT2D eigenvalue weighted by Crippen LogP contribution is 2.53. The molecule has 0 unspecified atom stereocenters. The molecule has 318 valence electrons. The van der Waals surface area contributed by atoms with E-state index in [2.05, 4.69) is 135 Å². The van der Waals surface area contributed by atoms with Gasteiger partial charge in [0.25, 0.3) is 6.71 Å². The molecule has 2 aliphatic heterocycles. The van der Waals surface area contributed by atoms with Crippen LogP contribution in [0, 0.1) is 27.5 Å². The molecule has 6 aromatic carbocycles. The van der Waals surface area contributed by atoms with Crippen molar-refractivity contribution < 1.29 is 21.2 Å². The van der Waals surface area contributed by atoms with E-state index in [9.17, 15) is 0 Å². The van der Waals surface area contributed by atoms with Gasteiger partial charge in [-0.3, -0.25) is 0 Å². The fourth-order valence-electron chi connectivity index (χ4n) is 11.0. The SMILES string of the molecule is [2H]C([2H])([2H])c1cc2c3c(c1)N(c1ccc(C(C)(C)C)cc1)c1c(ccc4oc5cc(C(C)(C)C)ccc5c14)B3c1cc3oc4c(c3cc1N2c1c(C([2H])([2H])[2H])cc(C)cc1C([2H])([2H])[2H])C(C)(C)CCC4(C)C. The highest BCUT2D eigenvalue weighted by Gasteiger charge is 2.47. The number of anilines is 6. The van der Waals surface area contributed by atoms with Crippen molar-refractivity contribution >= 4 is 90.1 Å². The molecule has 4 nitrogen and oxygen atoms in total. The molecule has 63 heavy (non-hydrogen) atoms. The monoisotopic (exact) mass is 838 g/mol. The van der Waals surface area contributed by atoms with Crippen LogP contribution in [0.2, 0.25) is 0 Å². The van der Waals surface area contributed by atoms with E-state index in [1.54, 1.807) is 36.1 Å². The van der Waals surface area contributed by atoms with Crippen molar-refractivity contribution in [2.75, 3.05) is 9.80 Å². The maximum atomic E-state index is 9.12. The van der Waals surface area contributed by atoms with Crippen molar-refractivity contribution in [1.82, 2.24) is 0 Å². The van der Waals surface area contributed by atoms with Gasteiger partial charge in [-0.2, -0.15) is 0 Å². The van der Waals surface area contributed by atoms with E-state index in [1.165, 1.54) is 0 Å². The number of hydrogen-bond donors (Lipinski definition) is 0. The summed E-state index contributed by atoms with van der Waals surface area (Å²) in [6.07, 6.45) is 1.81. The van der Waals surface area contributed by atoms with Gasteiger partial charge < -0.3 is 18.6 Å². The molecule has 5 heteroatoms. The van der Waals surface area contributed by atoms with Gasteiger partial charge in [-0.25, -0.2) is 0 Å². The van der Waals surface area contributed by atoms with E-state index in [-0.39, 0.29) is 44.0 Å². The molecule has 0 amide bonds. The molecule has 0 saturated carbocycles. The van der Waals surface area contributed by atoms with Crippen molar-refractivity contribution in [3.63, 3.8) is 0 Å². The summed E-state index contributed by atoms with van der Waals surface area (Å²) in [6, 6.07) is 29.5. The third-order valence-corrected chi connectivity index (χ3v) is 14.5. The van der Waals surface area contributed by atoms with Gasteiger partial charge in [0.15, 0.2) is 0 Å².